The van der Waals surface area contributed by atoms with E-state index in [1.807, 2.05) is 54.7 Å². The van der Waals surface area contributed by atoms with E-state index in [1.165, 1.54) is 0 Å². The quantitative estimate of drug-likeness (QED) is 0.712. The molecule has 0 saturated heterocycles. The van der Waals surface area contributed by atoms with Crippen LogP contribution in [0.3, 0.4) is 0 Å². The van der Waals surface area contributed by atoms with Crippen LogP contribution in [0.2, 0.25) is 0 Å². The fraction of sp³-hybridized carbons (Fsp3) is 0.118. The minimum absolute atomic E-state index is 0.0485. The van der Waals surface area contributed by atoms with Gasteiger partial charge in [0.25, 0.3) is 0 Å². The Morgan fingerprint density at radius 3 is 2.60 bits per heavy atom. The van der Waals surface area contributed by atoms with Crippen molar-refractivity contribution in [2.24, 2.45) is 5.73 Å². The summed E-state index contributed by atoms with van der Waals surface area (Å²) in [5.41, 5.74) is 9.24. The van der Waals surface area contributed by atoms with Gasteiger partial charge in [-0.25, -0.2) is 0 Å². The molecule has 0 atom stereocenters. The van der Waals surface area contributed by atoms with Gasteiger partial charge in [-0.3, -0.25) is 4.79 Å². The maximum absolute atomic E-state index is 12.4. The van der Waals surface area contributed by atoms with Gasteiger partial charge in [-0.15, -0.1) is 0 Å². The van der Waals surface area contributed by atoms with Crippen LogP contribution in [-0.2, 0) is 6.42 Å². The van der Waals surface area contributed by atoms with Crippen molar-refractivity contribution >= 4 is 16.7 Å². The molecule has 0 aliphatic heterocycles. The Labute approximate surface area is 117 Å². The molecule has 3 aromatic rings. The molecule has 0 aliphatic carbocycles. The SMILES string of the molecule is NCCc1c[nH]c2ccc(C(=O)c3ccccc3)cc12. The molecule has 0 unspecified atom stereocenters. The van der Waals surface area contributed by atoms with Crippen LogP contribution >= 0.6 is 0 Å². The highest BCUT2D eigenvalue weighted by atomic mass is 16.1. The van der Waals surface area contributed by atoms with Crippen molar-refractivity contribution in [3.8, 4) is 0 Å². The first kappa shape index (κ1) is 12.6. The molecule has 0 spiro atoms. The number of rotatable bonds is 4. The van der Waals surface area contributed by atoms with E-state index in [0.29, 0.717) is 17.7 Å². The zero-order valence-corrected chi connectivity index (χ0v) is 11.1. The zero-order valence-electron chi connectivity index (χ0n) is 11.1. The van der Waals surface area contributed by atoms with Crippen molar-refractivity contribution in [1.82, 2.24) is 4.98 Å². The highest BCUT2D eigenvalue weighted by molar-refractivity contribution is 6.10. The first-order chi connectivity index (χ1) is 9.79. The predicted octanol–water partition coefficient (Wildman–Crippen LogP) is 2.90. The van der Waals surface area contributed by atoms with Crippen molar-refractivity contribution in [3.05, 3.63) is 71.4 Å². The fourth-order valence-corrected chi connectivity index (χ4v) is 2.44. The van der Waals surface area contributed by atoms with E-state index in [0.717, 1.165) is 22.9 Å². The number of carbonyl (C=O) groups excluding carboxylic acids is 1. The summed E-state index contributed by atoms with van der Waals surface area (Å²) in [6.07, 6.45) is 2.78. The molecule has 1 aromatic heterocycles. The largest absolute Gasteiger partial charge is 0.361 e. The Bertz CT molecular complexity index is 744. The van der Waals surface area contributed by atoms with E-state index >= 15 is 0 Å². The third-order valence-electron chi connectivity index (χ3n) is 3.48. The summed E-state index contributed by atoms with van der Waals surface area (Å²) in [4.78, 5) is 15.7. The molecule has 0 bridgehead atoms. The predicted molar refractivity (Wildman–Crippen MR) is 80.9 cm³/mol. The normalized spacial score (nSPS) is 10.8. The van der Waals surface area contributed by atoms with E-state index in [-0.39, 0.29) is 5.78 Å². The van der Waals surface area contributed by atoms with Crippen LogP contribution in [0.5, 0.6) is 0 Å². The van der Waals surface area contributed by atoms with Crippen LogP contribution in [0.25, 0.3) is 10.9 Å². The fourth-order valence-electron chi connectivity index (χ4n) is 2.44. The molecule has 0 radical (unpaired) electrons. The summed E-state index contributed by atoms with van der Waals surface area (Å²) in [7, 11) is 0. The Kier molecular flexibility index (Phi) is 3.35. The van der Waals surface area contributed by atoms with Crippen LogP contribution in [-0.4, -0.2) is 17.3 Å². The van der Waals surface area contributed by atoms with Gasteiger partial charge in [0.05, 0.1) is 0 Å². The molecule has 3 N–H and O–H groups in total. The molecule has 0 saturated carbocycles. The molecule has 3 heteroatoms. The van der Waals surface area contributed by atoms with Crippen molar-refractivity contribution in [3.63, 3.8) is 0 Å². The summed E-state index contributed by atoms with van der Waals surface area (Å²) in [6, 6.07) is 15.1. The minimum atomic E-state index is 0.0485. The second-order valence-corrected chi connectivity index (χ2v) is 4.81. The Balaban J connectivity index is 2.04. The van der Waals surface area contributed by atoms with Gasteiger partial charge in [-0.1, -0.05) is 30.3 Å². The molecule has 20 heavy (non-hydrogen) atoms. The smallest absolute Gasteiger partial charge is 0.193 e. The van der Waals surface area contributed by atoms with E-state index in [9.17, 15) is 4.79 Å². The molecule has 100 valence electrons. The number of aromatic amines is 1. The summed E-state index contributed by atoms with van der Waals surface area (Å²) in [5, 5.41) is 1.08. The Hall–Kier alpha value is -2.39. The van der Waals surface area contributed by atoms with Gasteiger partial charge in [0, 0.05) is 28.2 Å². The van der Waals surface area contributed by atoms with Crippen LogP contribution < -0.4 is 5.73 Å². The average Bonchev–Trinajstić information content (AvgIpc) is 2.90. The first-order valence-corrected chi connectivity index (χ1v) is 6.69. The van der Waals surface area contributed by atoms with Crippen molar-refractivity contribution < 1.29 is 4.79 Å². The van der Waals surface area contributed by atoms with Gasteiger partial charge in [0.15, 0.2) is 5.78 Å². The number of fused-ring (bicyclic) bond motifs is 1. The number of hydrogen-bond acceptors (Lipinski definition) is 2. The number of H-pyrrole nitrogens is 1. The Morgan fingerprint density at radius 2 is 1.85 bits per heavy atom. The third-order valence-corrected chi connectivity index (χ3v) is 3.48. The van der Waals surface area contributed by atoms with E-state index in [4.69, 9.17) is 5.73 Å². The molecule has 0 amide bonds. The lowest BCUT2D eigenvalue weighted by molar-refractivity contribution is 0.103. The summed E-state index contributed by atoms with van der Waals surface area (Å²) in [6.45, 7) is 0.601. The van der Waals surface area contributed by atoms with Gasteiger partial charge in [-0.2, -0.15) is 0 Å². The summed E-state index contributed by atoms with van der Waals surface area (Å²) < 4.78 is 0. The van der Waals surface area contributed by atoms with Crippen molar-refractivity contribution in [2.45, 2.75) is 6.42 Å². The number of benzene rings is 2. The second kappa shape index (κ2) is 5.31. The third kappa shape index (κ3) is 2.24. The van der Waals surface area contributed by atoms with E-state index < -0.39 is 0 Å². The highest BCUT2D eigenvalue weighted by Gasteiger charge is 2.11. The lowest BCUT2D eigenvalue weighted by atomic mass is 10.0. The number of hydrogen-bond donors (Lipinski definition) is 2. The number of carbonyl (C=O) groups is 1. The molecule has 3 rings (SSSR count). The van der Waals surface area contributed by atoms with Crippen LogP contribution in [0, 0.1) is 0 Å². The van der Waals surface area contributed by atoms with Crippen LogP contribution in [0.1, 0.15) is 21.5 Å². The number of ketones is 1. The van der Waals surface area contributed by atoms with Crippen LogP contribution in [0.4, 0.5) is 0 Å². The monoisotopic (exact) mass is 264 g/mol. The molecule has 0 fully saturated rings. The maximum atomic E-state index is 12.4. The number of aromatic nitrogens is 1. The second-order valence-electron chi connectivity index (χ2n) is 4.81. The minimum Gasteiger partial charge on any atom is -0.361 e. The Morgan fingerprint density at radius 1 is 1.05 bits per heavy atom. The van der Waals surface area contributed by atoms with Crippen molar-refractivity contribution in [2.75, 3.05) is 6.54 Å². The maximum Gasteiger partial charge on any atom is 0.193 e. The molecule has 3 nitrogen and oxygen atoms in total. The molecule has 2 aromatic carbocycles. The van der Waals surface area contributed by atoms with Gasteiger partial charge in [0.2, 0.25) is 0 Å². The van der Waals surface area contributed by atoms with Gasteiger partial charge in [0.1, 0.15) is 0 Å². The van der Waals surface area contributed by atoms with E-state index in [1.54, 1.807) is 0 Å². The van der Waals surface area contributed by atoms with Crippen LogP contribution in [0.15, 0.2) is 54.7 Å². The molecule has 0 aliphatic rings. The summed E-state index contributed by atoms with van der Waals surface area (Å²) >= 11 is 0. The van der Waals surface area contributed by atoms with E-state index in [2.05, 4.69) is 4.98 Å². The lowest BCUT2D eigenvalue weighted by Gasteiger charge is -2.03. The lowest BCUT2D eigenvalue weighted by Crippen LogP contribution is -2.03. The summed E-state index contributed by atoms with van der Waals surface area (Å²) in [5.74, 6) is 0.0485. The molecular formula is C17H16N2O. The molecule has 1 heterocycles. The molecular weight excluding hydrogens is 248 g/mol. The van der Waals surface area contributed by atoms with Crippen molar-refractivity contribution in [1.29, 1.82) is 0 Å². The van der Waals surface area contributed by atoms with Gasteiger partial charge >= 0.3 is 0 Å². The average molecular weight is 264 g/mol. The number of nitrogens with one attached hydrogen (secondary N) is 1. The zero-order chi connectivity index (χ0) is 13.9. The number of nitrogens with two attached hydrogens (primary N) is 1. The highest BCUT2D eigenvalue weighted by Crippen LogP contribution is 2.21. The van der Waals surface area contributed by atoms with Gasteiger partial charge in [-0.05, 0) is 36.7 Å². The first-order valence-electron chi connectivity index (χ1n) is 6.69. The standard InChI is InChI=1S/C17H16N2O/c18-9-8-14-11-19-16-7-6-13(10-15(14)16)17(20)12-4-2-1-3-5-12/h1-7,10-11,19H,8-9,18H2. The van der Waals surface area contributed by atoms with Gasteiger partial charge < -0.3 is 10.7 Å². The topological polar surface area (TPSA) is 58.9 Å².